The van der Waals surface area contributed by atoms with E-state index in [0.717, 1.165) is 38.2 Å². The van der Waals surface area contributed by atoms with Gasteiger partial charge in [-0.2, -0.15) is 14.7 Å². The number of aryl methyl sites for hydroxylation is 1. The minimum atomic E-state index is -3.76. The first-order valence-corrected chi connectivity index (χ1v) is 12.4. The number of benzene rings is 1. The van der Waals surface area contributed by atoms with Crippen molar-refractivity contribution in [3.05, 3.63) is 39.6 Å². The summed E-state index contributed by atoms with van der Waals surface area (Å²) < 4.78 is 27.3. The Labute approximate surface area is 193 Å². The third-order valence-corrected chi connectivity index (χ3v) is 7.84. The molecule has 0 radical (unpaired) electrons. The Kier molecular flexibility index (Phi) is 7.88. The zero-order chi connectivity index (χ0) is 24.0. The van der Waals surface area contributed by atoms with Crippen molar-refractivity contribution in [1.82, 2.24) is 14.5 Å². The molecule has 0 spiro atoms. The number of nitrogens with two attached hydrogens (primary N) is 1. The number of piperidine rings is 1. The molecule has 0 amide bonds. The van der Waals surface area contributed by atoms with Crippen LogP contribution in [0.15, 0.2) is 23.1 Å². The summed E-state index contributed by atoms with van der Waals surface area (Å²) in [6, 6.07) is 6.06. The summed E-state index contributed by atoms with van der Waals surface area (Å²) in [5.41, 5.74) is 6.74. The highest BCUT2D eigenvalue weighted by Gasteiger charge is 2.30. The molecule has 1 fully saturated rings. The highest BCUT2D eigenvalue weighted by molar-refractivity contribution is 7.89. The average molecular weight is 476 g/mol. The molecule has 33 heavy (non-hydrogen) atoms. The number of aromatic nitrogens is 2. The number of rotatable bonds is 10. The predicted octanol–water partition coefficient (Wildman–Crippen LogP) is 3.02. The van der Waals surface area contributed by atoms with Crippen molar-refractivity contribution in [1.29, 1.82) is 5.26 Å². The molecular formula is C21H29N7O4S. The first kappa shape index (κ1) is 24.5. The van der Waals surface area contributed by atoms with Crippen LogP contribution in [-0.4, -0.2) is 47.5 Å². The Hall–Kier alpha value is -3.17. The number of nitro benzene ring substituents is 1. The van der Waals surface area contributed by atoms with Gasteiger partial charge in [0.05, 0.1) is 15.5 Å². The fourth-order valence-corrected chi connectivity index (χ4v) is 5.36. The second kappa shape index (κ2) is 10.6. The van der Waals surface area contributed by atoms with E-state index >= 15 is 0 Å². The lowest BCUT2D eigenvalue weighted by Crippen LogP contribution is -2.37. The van der Waals surface area contributed by atoms with E-state index in [1.54, 1.807) is 0 Å². The number of anilines is 2. The maximum absolute atomic E-state index is 12.9. The number of hydrogen-bond acceptors (Lipinski definition) is 8. The molecule has 0 bridgehead atoms. The van der Waals surface area contributed by atoms with Crippen LogP contribution in [-0.2, 0) is 16.4 Å². The predicted molar refractivity (Wildman–Crippen MR) is 124 cm³/mol. The van der Waals surface area contributed by atoms with Crippen LogP contribution in [0.5, 0.6) is 0 Å². The summed E-state index contributed by atoms with van der Waals surface area (Å²) in [6.07, 6.45) is 4.57. The van der Waals surface area contributed by atoms with Crippen molar-refractivity contribution in [2.45, 2.75) is 50.3 Å². The smallest absolute Gasteiger partial charge is 0.293 e. The number of nitro groups is 1. The molecule has 178 valence electrons. The minimum absolute atomic E-state index is 0.0542. The maximum Gasteiger partial charge on any atom is 0.293 e. The molecule has 11 nitrogen and oxygen atoms in total. The van der Waals surface area contributed by atoms with Crippen molar-refractivity contribution in [3.63, 3.8) is 0 Å². The Morgan fingerprint density at radius 2 is 2.06 bits per heavy atom. The molecule has 1 aliphatic heterocycles. The second-order valence-electron chi connectivity index (χ2n) is 8.33. The summed E-state index contributed by atoms with van der Waals surface area (Å²) in [7, 11) is -3.76. The van der Waals surface area contributed by atoms with E-state index in [0.29, 0.717) is 48.9 Å². The quantitative estimate of drug-likeness (QED) is 0.267. The summed E-state index contributed by atoms with van der Waals surface area (Å²) in [5.74, 6) is 0.671. The lowest BCUT2D eigenvalue weighted by atomic mass is 10.0. The van der Waals surface area contributed by atoms with Crippen LogP contribution in [0.25, 0.3) is 0 Å². The highest BCUT2D eigenvalue weighted by Crippen LogP contribution is 2.30. The van der Waals surface area contributed by atoms with Crippen LogP contribution in [0.4, 0.5) is 17.2 Å². The molecule has 1 saturated heterocycles. The van der Waals surface area contributed by atoms with E-state index in [9.17, 15) is 18.5 Å². The van der Waals surface area contributed by atoms with Crippen molar-refractivity contribution in [2.24, 2.45) is 5.92 Å². The van der Waals surface area contributed by atoms with Crippen LogP contribution in [0, 0.1) is 27.4 Å². The second-order valence-corrected chi connectivity index (χ2v) is 10.3. The fraction of sp³-hybridized carbons (Fsp3) is 0.524. The lowest BCUT2D eigenvalue weighted by molar-refractivity contribution is -0.384. The van der Waals surface area contributed by atoms with Gasteiger partial charge in [-0.25, -0.2) is 8.42 Å². The first-order chi connectivity index (χ1) is 15.7. The third kappa shape index (κ3) is 5.80. The number of unbranched alkanes of at least 4 members (excludes halogenated alkanes) is 2. The zero-order valence-electron chi connectivity index (χ0n) is 18.6. The number of nitrogens with one attached hydrogen (secondary N) is 2. The van der Waals surface area contributed by atoms with Gasteiger partial charge in [-0.3, -0.25) is 15.2 Å². The number of nitriles is 1. The van der Waals surface area contributed by atoms with E-state index in [-0.39, 0.29) is 16.4 Å². The van der Waals surface area contributed by atoms with Gasteiger partial charge in [0, 0.05) is 25.7 Å². The largest absolute Gasteiger partial charge is 0.381 e. The van der Waals surface area contributed by atoms with Gasteiger partial charge in [-0.05, 0) is 50.2 Å². The summed E-state index contributed by atoms with van der Waals surface area (Å²) in [5, 5.41) is 30.3. The first-order valence-electron chi connectivity index (χ1n) is 11.0. The van der Waals surface area contributed by atoms with Gasteiger partial charge in [0.25, 0.3) is 5.69 Å². The third-order valence-electron chi connectivity index (χ3n) is 5.95. The van der Waals surface area contributed by atoms with Crippen molar-refractivity contribution >= 4 is 27.2 Å². The van der Waals surface area contributed by atoms with Crippen LogP contribution in [0.3, 0.4) is 0 Å². The molecule has 1 aromatic heterocycles. The summed E-state index contributed by atoms with van der Waals surface area (Å²) in [4.78, 5) is 11.0. The SMILES string of the molecule is CC1CCN(S(=O)(=O)c2ccc(NCCCCCc3[nH]nc(N)c3C#N)c([N+](=O)[O-])c2)CC1. The van der Waals surface area contributed by atoms with E-state index in [2.05, 4.69) is 22.4 Å². The van der Waals surface area contributed by atoms with Crippen molar-refractivity contribution in [2.75, 3.05) is 30.7 Å². The normalized spacial score (nSPS) is 15.3. The van der Waals surface area contributed by atoms with Gasteiger partial charge >= 0.3 is 0 Å². The number of sulfonamides is 1. The molecule has 4 N–H and O–H groups in total. The average Bonchev–Trinajstić information content (AvgIpc) is 3.15. The number of H-pyrrole nitrogens is 1. The molecule has 0 atom stereocenters. The van der Waals surface area contributed by atoms with Gasteiger partial charge < -0.3 is 11.1 Å². The van der Waals surface area contributed by atoms with E-state index < -0.39 is 14.9 Å². The Morgan fingerprint density at radius 1 is 1.33 bits per heavy atom. The summed E-state index contributed by atoms with van der Waals surface area (Å²) in [6.45, 7) is 3.44. The van der Waals surface area contributed by atoms with Gasteiger partial charge in [-0.1, -0.05) is 13.3 Å². The lowest BCUT2D eigenvalue weighted by Gasteiger charge is -2.29. The maximum atomic E-state index is 12.9. The van der Waals surface area contributed by atoms with Crippen LogP contribution in [0.1, 0.15) is 50.3 Å². The molecule has 2 heterocycles. The zero-order valence-corrected chi connectivity index (χ0v) is 19.4. The molecule has 3 rings (SSSR count). The fourth-order valence-electron chi connectivity index (χ4n) is 3.87. The number of hydrogen-bond donors (Lipinski definition) is 3. The van der Waals surface area contributed by atoms with E-state index in [4.69, 9.17) is 11.0 Å². The van der Waals surface area contributed by atoms with Crippen LogP contribution >= 0.6 is 0 Å². The molecule has 0 unspecified atom stereocenters. The molecule has 1 aromatic carbocycles. The van der Waals surface area contributed by atoms with Gasteiger partial charge in [0.15, 0.2) is 5.82 Å². The van der Waals surface area contributed by atoms with Gasteiger partial charge in [0.1, 0.15) is 17.3 Å². The Morgan fingerprint density at radius 3 is 2.73 bits per heavy atom. The number of aromatic amines is 1. The highest BCUT2D eigenvalue weighted by atomic mass is 32.2. The number of nitrogen functional groups attached to an aromatic ring is 1. The number of nitrogens with zero attached hydrogens (tertiary/aromatic N) is 4. The van der Waals surface area contributed by atoms with E-state index in [1.165, 1.54) is 16.4 Å². The molecule has 1 aliphatic rings. The van der Waals surface area contributed by atoms with Crippen LogP contribution < -0.4 is 11.1 Å². The molecule has 0 aliphatic carbocycles. The standard InChI is InChI=1S/C21H29N7O4S/c1-15-8-11-27(12-9-15)33(31,32)16-6-7-19(20(13-16)28(29)30)24-10-4-2-3-5-18-17(14-22)21(23)26-25-18/h6-7,13,15,24H,2-5,8-12H2,1H3,(H3,23,25,26). The Balaban J connectivity index is 1.56. The monoisotopic (exact) mass is 475 g/mol. The van der Waals surface area contributed by atoms with Crippen LogP contribution in [0.2, 0.25) is 0 Å². The molecule has 12 heteroatoms. The topological polar surface area (TPSA) is 171 Å². The summed E-state index contributed by atoms with van der Waals surface area (Å²) >= 11 is 0. The van der Waals surface area contributed by atoms with Crippen molar-refractivity contribution in [3.8, 4) is 6.07 Å². The van der Waals surface area contributed by atoms with Gasteiger partial charge in [-0.15, -0.1) is 0 Å². The van der Waals surface area contributed by atoms with Gasteiger partial charge in [0.2, 0.25) is 10.0 Å². The molecular weight excluding hydrogens is 446 g/mol. The van der Waals surface area contributed by atoms with Crippen molar-refractivity contribution < 1.29 is 13.3 Å². The minimum Gasteiger partial charge on any atom is -0.381 e. The Bertz CT molecular complexity index is 1130. The van der Waals surface area contributed by atoms with E-state index in [1.807, 2.05) is 6.07 Å². The molecule has 2 aromatic rings. The molecule has 0 saturated carbocycles.